The molecule has 0 spiro atoms. The SMILES string of the molecule is C=C/C=C(\C=C)CC(=O)C(C)C(=O)OCC. The summed E-state index contributed by atoms with van der Waals surface area (Å²) in [5.41, 5.74) is 0.746. The molecular weight excluding hydrogens is 204 g/mol. The molecule has 0 saturated carbocycles. The molecule has 0 heterocycles. The smallest absolute Gasteiger partial charge is 0.316 e. The highest BCUT2D eigenvalue weighted by Gasteiger charge is 2.22. The molecule has 3 nitrogen and oxygen atoms in total. The summed E-state index contributed by atoms with van der Waals surface area (Å²) >= 11 is 0. The first kappa shape index (κ1) is 14.4. The van der Waals surface area contributed by atoms with Crippen LogP contribution in [-0.4, -0.2) is 18.4 Å². The number of esters is 1. The third kappa shape index (κ3) is 4.73. The Morgan fingerprint density at radius 3 is 2.44 bits per heavy atom. The maximum absolute atomic E-state index is 11.7. The number of hydrogen-bond acceptors (Lipinski definition) is 3. The van der Waals surface area contributed by atoms with Crippen molar-refractivity contribution in [3.8, 4) is 0 Å². The highest BCUT2D eigenvalue weighted by Crippen LogP contribution is 2.10. The number of allylic oxidation sites excluding steroid dienone is 4. The van der Waals surface area contributed by atoms with Crippen molar-refractivity contribution >= 4 is 11.8 Å². The lowest BCUT2D eigenvalue weighted by molar-refractivity contribution is -0.150. The van der Waals surface area contributed by atoms with E-state index in [1.807, 2.05) is 0 Å². The number of ether oxygens (including phenoxy) is 1. The van der Waals surface area contributed by atoms with Gasteiger partial charge in [0, 0.05) is 6.42 Å². The number of carbonyl (C=O) groups excluding carboxylic acids is 2. The predicted octanol–water partition coefficient (Wildman–Crippen LogP) is 2.44. The molecule has 16 heavy (non-hydrogen) atoms. The normalized spacial score (nSPS) is 12.8. The van der Waals surface area contributed by atoms with Crippen molar-refractivity contribution in [3.05, 3.63) is 37.0 Å². The molecule has 0 bridgehead atoms. The molecule has 88 valence electrons. The third-order valence-electron chi connectivity index (χ3n) is 2.10. The maximum Gasteiger partial charge on any atom is 0.316 e. The average Bonchev–Trinajstić information content (AvgIpc) is 2.27. The van der Waals surface area contributed by atoms with Gasteiger partial charge in [-0.2, -0.15) is 0 Å². The van der Waals surface area contributed by atoms with Crippen molar-refractivity contribution in [3.63, 3.8) is 0 Å². The minimum atomic E-state index is -0.729. The van der Waals surface area contributed by atoms with Crippen LogP contribution < -0.4 is 0 Å². The Morgan fingerprint density at radius 1 is 1.38 bits per heavy atom. The molecule has 3 heteroatoms. The lowest BCUT2D eigenvalue weighted by Gasteiger charge is -2.09. The molecule has 0 aromatic carbocycles. The third-order valence-corrected chi connectivity index (χ3v) is 2.10. The summed E-state index contributed by atoms with van der Waals surface area (Å²) in [6.45, 7) is 10.7. The van der Waals surface area contributed by atoms with E-state index in [2.05, 4.69) is 13.2 Å². The van der Waals surface area contributed by atoms with E-state index in [9.17, 15) is 9.59 Å². The summed E-state index contributed by atoms with van der Waals surface area (Å²) in [5, 5.41) is 0. The van der Waals surface area contributed by atoms with Gasteiger partial charge in [0.1, 0.15) is 5.92 Å². The zero-order chi connectivity index (χ0) is 12.6. The molecule has 0 N–H and O–H groups in total. The quantitative estimate of drug-likeness (QED) is 0.377. The van der Waals surface area contributed by atoms with Crippen LogP contribution in [0.25, 0.3) is 0 Å². The molecule has 0 aliphatic heterocycles. The van der Waals surface area contributed by atoms with Crippen LogP contribution in [0.15, 0.2) is 37.0 Å². The van der Waals surface area contributed by atoms with E-state index in [0.717, 1.165) is 5.57 Å². The molecular formula is C13H18O3. The zero-order valence-corrected chi connectivity index (χ0v) is 9.86. The van der Waals surface area contributed by atoms with Gasteiger partial charge < -0.3 is 4.74 Å². The molecule has 0 aliphatic carbocycles. The summed E-state index contributed by atoms with van der Waals surface area (Å²) in [6, 6.07) is 0. The van der Waals surface area contributed by atoms with Crippen LogP contribution in [-0.2, 0) is 14.3 Å². The van der Waals surface area contributed by atoms with Crippen LogP contribution in [0.5, 0.6) is 0 Å². The second-order valence-corrected chi connectivity index (χ2v) is 3.30. The van der Waals surface area contributed by atoms with Crippen molar-refractivity contribution in [2.45, 2.75) is 20.3 Å². The van der Waals surface area contributed by atoms with Crippen molar-refractivity contribution in [1.82, 2.24) is 0 Å². The van der Waals surface area contributed by atoms with E-state index in [4.69, 9.17) is 4.74 Å². The number of carbonyl (C=O) groups is 2. The lowest BCUT2D eigenvalue weighted by Crippen LogP contribution is -2.23. The van der Waals surface area contributed by atoms with Crippen LogP contribution in [0.2, 0.25) is 0 Å². The Morgan fingerprint density at radius 2 is 2.00 bits per heavy atom. The van der Waals surface area contributed by atoms with Crippen LogP contribution in [0.4, 0.5) is 0 Å². The molecule has 0 saturated heterocycles. The zero-order valence-electron chi connectivity index (χ0n) is 9.86. The predicted molar refractivity (Wildman–Crippen MR) is 63.9 cm³/mol. The Hall–Kier alpha value is -1.64. The fourth-order valence-corrected chi connectivity index (χ4v) is 1.10. The van der Waals surface area contributed by atoms with E-state index >= 15 is 0 Å². The molecule has 0 aliphatic rings. The topological polar surface area (TPSA) is 43.4 Å². The first-order chi connectivity index (χ1) is 7.56. The fraction of sp³-hybridized carbons (Fsp3) is 0.385. The molecule has 0 amide bonds. The number of hydrogen-bond donors (Lipinski definition) is 0. The summed E-state index contributed by atoms with van der Waals surface area (Å²) in [6.07, 6.45) is 5.04. The van der Waals surface area contributed by atoms with Gasteiger partial charge in [-0.25, -0.2) is 0 Å². The maximum atomic E-state index is 11.7. The van der Waals surface area contributed by atoms with Crippen LogP contribution in [0, 0.1) is 5.92 Å². The van der Waals surface area contributed by atoms with E-state index in [1.165, 1.54) is 0 Å². The van der Waals surface area contributed by atoms with Gasteiger partial charge in [-0.3, -0.25) is 9.59 Å². The Kier molecular flexibility index (Phi) is 6.84. The van der Waals surface area contributed by atoms with Crippen molar-refractivity contribution in [2.24, 2.45) is 5.92 Å². The Balaban J connectivity index is 4.45. The summed E-state index contributed by atoms with van der Waals surface area (Å²) in [7, 11) is 0. The minimum Gasteiger partial charge on any atom is -0.465 e. The fourth-order valence-electron chi connectivity index (χ4n) is 1.10. The average molecular weight is 222 g/mol. The van der Waals surface area contributed by atoms with E-state index in [1.54, 1.807) is 32.1 Å². The Labute approximate surface area is 96.5 Å². The van der Waals surface area contributed by atoms with E-state index in [-0.39, 0.29) is 18.8 Å². The second kappa shape index (κ2) is 7.63. The first-order valence-corrected chi connectivity index (χ1v) is 5.20. The van der Waals surface area contributed by atoms with Crippen molar-refractivity contribution in [2.75, 3.05) is 6.61 Å². The summed E-state index contributed by atoms with van der Waals surface area (Å²) in [5.74, 6) is -1.38. The molecule has 0 fully saturated rings. The Bertz CT molecular complexity index is 313. The van der Waals surface area contributed by atoms with Gasteiger partial charge in [0.15, 0.2) is 5.78 Å². The van der Waals surface area contributed by atoms with Crippen LogP contribution in [0.1, 0.15) is 20.3 Å². The minimum absolute atomic E-state index is 0.175. The molecule has 0 radical (unpaired) electrons. The van der Waals surface area contributed by atoms with Gasteiger partial charge in [-0.15, -0.1) is 0 Å². The first-order valence-electron chi connectivity index (χ1n) is 5.20. The number of Topliss-reactive ketones (excluding diaryl/α,β-unsaturated/α-hetero) is 1. The van der Waals surface area contributed by atoms with Gasteiger partial charge in [-0.1, -0.05) is 31.4 Å². The number of rotatable bonds is 7. The summed E-state index contributed by atoms with van der Waals surface area (Å²) < 4.78 is 4.77. The van der Waals surface area contributed by atoms with E-state index in [0.29, 0.717) is 0 Å². The lowest BCUT2D eigenvalue weighted by atomic mass is 9.99. The van der Waals surface area contributed by atoms with Crippen molar-refractivity contribution in [1.29, 1.82) is 0 Å². The van der Waals surface area contributed by atoms with E-state index < -0.39 is 11.9 Å². The largest absolute Gasteiger partial charge is 0.465 e. The van der Waals surface area contributed by atoms with Gasteiger partial charge in [0.2, 0.25) is 0 Å². The highest BCUT2D eigenvalue weighted by molar-refractivity contribution is 5.99. The van der Waals surface area contributed by atoms with Gasteiger partial charge >= 0.3 is 5.97 Å². The number of ketones is 1. The molecule has 1 unspecified atom stereocenters. The monoisotopic (exact) mass is 222 g/mol. The summed E-state index contributed by atoms with van der Waals surface area (Å²) in [4.78, 5) is 23.0. The van der Waals surface area contributed by atoms with Crippen molar-refractivity contribution < 1.29 is 14.3 Å². The standard InChI is InChI=1S/C13H18O3/c1-5-8-11(6-2)9-12(14)10(4)13(15)16-7-3/h5-6,8,10H,1-2,7,9H2,3-4H3/b11-8+. The van der Waals surface area contributed by atoms with Crippen LogP contribution in [0.3, 0.4) is 0 Å². The van der Waals surface area contributed by atoms with Gasteiger partial charge in [-0.05, 0) is 19.4 Å². The molecule has 0 rings (SSSR count). The molecule has 0 aromatic rings. The van der Waals surface area contributed by atoms with Gasteiger partial charge in [0.25, 0.3) is 0 Å². The van der Waals surface area contributed by atoms with Crippen LogP contribution >= 0.6 is 0 Å². The second-order valence-electron chi connectivity index (χ2n) is 3.30. The van der Waals surface area contributed by atoms with Gasteiger partial charge in [0.05, 0.1) is 6.61 Å². The molecule has 1 atom stereocenters. The highest BCUT2D eigenvalue weighted by atomic mass is 16.5. The molecule has 0 aromatic heterocycles.